The Kier molecular flexibility index (Phi) is 6.99. The van der Waals surface area contributed by atoms with Crippen LogP contribution in [0.4, 0.5) is 11.5 Å². The van der Waals surface area contributed by atoms with Crippen molar-refractivity contribution >= 4 is 23.3 Å². The fourth-order valence-electron chi connectivity index (χ4n) is 2.90. The van der Waals surface area contributed by atoms with Gasteiger partial charge in [0.1, 0.15) is 17.4 Å². The van der Waals surface area contributed by atoms with Crippen molar-refractivity contribution in [2.45, 2.75) is 12.1 Å². The number of hydrogen-bond acceptors (Lipinski definition) is 8. The molecule has 0 aliphatic rings. The van der Waals surface area contributed by atoms with E-state index < -0.39 is 0 Å². The standard InChI is InChI=1S/C22H22N4O3S/c1-5-29-17-9-7-6-8-16(17)24-21-15(13-23)20(25-22(26-21)30-4)14-10-11-18(27-2)19(12-14)28-3/h6-12H,5H2,1-4H3,(H,24,25,26). The van der Waals surface area contributed by atoms with Crippen molar-refractivity contribution in [3.63, 3.8) is 0 Å². The van der Waals surface area contributed by atoms with E-state index in [0.29, 0.717) is 46.1 Å². The fourth-order valence-corrected chi connectivity index (χ4v) is 3.26. The van der Waals surface area contributed by atoms with Crippen LogP contribution in [0, 0.1) is 11.3 Å². The molecule has 1 aromatic heterocycles. The molecule has 1 N–H and O–H groups in total. The lowest BCUT2D eigenvalue weighted by Crippen LogP contribution is -2.05. The molecule has 3 aromatic rings. The van der Waals surface area contributed by atoms with Crippen molar-refractivity contribution in [2.24, 2.45) is 0 Å². The third-order valence-electron chi connectivity index (χ3n) is 4.28. The molecule has 0 aliphatic heterocycles. The first kappa shape index (κ1) is 21.3. The summed E-state index contributed by atoms with van der Waals surface area (Å²) in [5, 5.41) is 13.7. The Bertz CT molecular complexity index is 1080. The molecular weight excluding hydrogens is 400 g/mol. The molecule has 0 fully saturated rings. The molecule has 154 valence electrons. The van der Waals surface area contributed by atoms with Crippen molar-refractivity contribution in [1.82, 2.24) is 9.97 Å². The van der Waals surface area contributed by atoms with E-state index in [2.05, 4.69) is 21.4 Å². The van der Waals surface area contributed by atoms with E-state index in [4.69, 9.17) is 14.2 Å². The van der Waals surface area contributed by atoms with Gasteiger partial charge in [0.05, 0.1) is 32.2 Å². The van der Waals surface area contributed by atoms with Crippen LogP contribution in [0.25, 0.3) is 11.3 Å². The molecule has 8 heteroatoms. The first-order valence-corrected chi connectivity index (χ1v) is 10.4. The van der Waals surface area contributed by atoms with Gasteiger partial charge in [-0.15, -0.1) is 0 Å². The van der Waals surface area contributed by atoms with Gasteiger partial charge in [0.2, 0.25) is 0 Å². The lowest BCUT2D eigenvalue weighted by Gasteiger charge is -2.15. The summed E-state index contributed by atoms with van der Waals surface area (Å²) in [6.07, 6.45) is 1.89. The maximum Gasteiger partial charge on any atom is 0.189 e. The SMILES string of the molecule is CCOc1ccccc1Nc1nc(SC)nc(-c2ccc(OC)c(OC)c2)c1C#N. The number of ether oxygens (including phenoxy) is 3. The summed E-state index contributed by atoms with van der Waals surface area (Å²) in [5.41, 5.74) is 2.28. The van der Waals surface area contributed by atoms with E-state index in [1.165, 1.54) is 11.8 Å². The number of anilines is 2. The Morgan fingerprint density at radius 2 is 1.80 bits per heavy atom. The summed E-state index contributed by atoms with van der Waals surface area (Å²) in [6, 6.07) is 15.2. The molecule has 0 amide bonds. The Labute approximate surface area is 180 Å². The van der Waals surface area contributed by atoms with Crippen molar-refractivity contribution in [3.05, 3.63) is 48.0 Å². The lowest BCUT2D eigenvalue weighted by atomic mass is 10.1. The second-order valence-electron chi connectivity index (χ2n) is 6.02. The normalized spacial score (nSPS) is 10.2. The first-order chi connectivity index (χ1) is 14.6. The molecule has 7 nitrogen and oxygen atoms in total. The molecule has 0 saturated heterocycles. The number of nitriles is 1. The monoisotopic (exact) mass is 422 g/mol. The zero-order chi connectivity index (χ0) is 21.5. The summed E-state index contributed by atoms with van der Waals surface area (Å²) in [6.45, 7) is 2.45. The highest BCUT2D eigenvalue weighted by Gasteiger charge is 2.19. The van der Waals surface area contributed by atoms with Gasteiger partial charge < -0.3 is 19.5 Å². The van der Waals surface area contributed by atoms with Crippen molar-refractivity contribution < 1.29 is 14.2 Å². The summed E-state index contributed by atoms with van der Waals surface area (Å²) in [7, 11) is 3.14. The molecular formula is C22H22N4O3S. The maximum absolute atomic E-state index is 9.94. The van der Waals surface area contributed by atoms with E-state index in [9.17, 15) is 5.26 Å². The van der Waals surface area contributed by atoms with E-state index >= 15 is 0 Å². The molecule has 0 spiro atoms. The van der Waals surface area contributed by atoms with Crippen LogP contribution in [0.5, 0.6) is 17.2 Å². The van der Waals surface area contributed by atoms with Crippen LogP contribution in [0.15, 0.2) is 47.6 Å². The molecule has 1 heterocycles. The number of methoxy groups -OCH3 is 2. The van der Waals surface area contributed by atoms with Crippen LogP contribution in [0.1, 0.15) is 12.5 Å². The van der Waals surface area contributed by atoms with Crippen LogP contribution in [0.3, 0.4) is 0 Å². The van der Waals surface area contributed by atoms with E-state index in [1.807, 2.05) is 43.5 Å². The number of thioether (sulfide) groups is 1. The van der Waals surface area contributed by atoms with E-state index in [0.717, 1.165) is 11.3 Å². The van der Waals surface area contributed by atoms with Gasteiger partial charge in [-0.05, 0) is 43.5 Å². The smallest absolute Gasteiger partial charge is 0.189 e. The lowest BCUT2D eigenvalue weighted by molar-refractivity contribution is 0.342. The van der Waals surface area contributed by atoms with Crippen molar-refractivity contribution in [3.8, 4) is 34.6 Å². The van der Waals surface area contributed by atoms with Gasteiger partial charge in [0.15, 0.2) is 22.5 Å². The highest BCUT2D eigenvalue weighted by molar-refractivity contribution is 7.98. The van der Waals surface area contributed by atoms with Gasteiger partial charge in [-0.2, -0.15) is 5.26 Å². The van der Waals surface area contributed by atoms with Crippen molar-refractivity contribution in [2.75, 3.05) is 32.4 Å². The molecule has 0 saturated carbocycles. The van der Waals surface area contributed by atoms with E-state index in [1.54, 1.807) is 26.4 Å². The number of nitrogens with one attached hydrogen (secondary N) is 1. The first-order valence-electron chi connectivity index (χ1n) is 9.22. The van der Waals surface area contributed by atoms with E-state index in [-0.39, 0.29) is 0 Å². The fraction of sp³-hybridized carbons (Fsp3) is 0.227. The maximum atomic E-state index is 9.94. The summed E-state index contributed by atoms with van der Waals surface area (Å²) in [4.78, 5) is 9.11. The van der Waals surface area contributed by atoms with Gasteiger partial charge >= 0.3 is 0 Å². The summed E-state index contributed by atoms with van der Waals surface area (Å²) >= 11 is 1.39. The van der Waals surface area contributed by atoms with Gasteiger partial charge in [-0.1, -0.05) is 23.9 Å². The molecule has 30 heavy (non-hydrogen) atoms. The Morgan fingerprint density at radius 3 is 2.47 bits per heavy atom. The molecule has 2 aromatic carbocycles. The molecule has 0 radical (unpaired) electrons. The Balaban J connectivity index is 2.14. The predicted octanol–water partition coefficient (Wildman–Crippen LogP) is 4.90. The number of aromatic nitrogens is 2. The molecule has 3 rings (SSSR count). The second-order valence-corrected chi connectivity index (χ2v) is 6.79. The minimum atomic E-state index is 0.325. The average Bonchev–Trinajstić information content (AvgIpc) is 2.79. The number of hydrogen-bond donors (Lipinski definition) is 1. The predicted molar refractivity (Wildman–Crippen MR) is 118 cm³/mol. The quantitative estimate of drug-likeness (QED) is 0.405. The molecule has 0 unspecified atom stereocenters. The average molecular weight is 423 g/mol. The zero-order valence-corrected chi connectivity index (χ0v) is 18.0. The van der Waals surface area contributed by atoms with Gasteiger partial charge in [0, 0.05) is 5.56 Å². The largest absolute Gasteiger partial charge is 0.493 e. The second kappa shape index (κ2) is 9.85. The number of rotatable bonds is 8. The van der Waals surface area contributed by atoms with Gasteiger partial charge in [-0.3, -0.25) is 0 Å². The third kappa shape index (κ3) is 4.42. The molecule has 0 bridgehead atoms. The van der Waals surface area contributed by atoms with Gasteiger partial charge in [-0.25, -0.2) is 9.97 Å². The van der Waals surface area contributed by atoms with Crippen LogP contribution in [-0.4, -0.2) is 37.1 Å². The minimum absolute atomic E-state index is 0.325. The van der Waals surface area contributed by atoms with Gasteiger partial charge in [0.25, 0.3) is 0 Å². The van der Waals surface area contributed by atoms with Crippen LogP contribution in [-0.2, 0) is 0 Å². The third-order valence-corrected chi connectivity index (χ3v) is 4.83. The molecule has 0 aliphatic carbocycles. The van der Waals surface area contributed by atoms with Crippen LogP contribution >= 0.6 is 11.8 Å². The zero-order valence-electron chi connectivity index (χ0n) is 17.2. The Morgan fingerprint density at radius 1 is 1.03 bits per heavy atom. The summed E-state index contributed by atoms with van der Waals surface area (Å²) < 4.78 is 16.4. The number of para-hydroxylation sites is 2. The number of benzene rings is 2. The van der Waals surface area contributed by atoms with Crippen LogP contribution in [0.2, 0.25) is 0 Å². The topological polar surface area (TPSA) is 89.3 Å². The molecule has 0 atom stereocenters. The van der Waals surface area contributed by atoms with Crippen molar-refractivity contribution in [1.29, 1.82) is 5.26 Å². The Hall–Kier alpha value is -3.44. The highest BCUT2D eigenvalue weighted by atomic mass is 32.2. The number of nitrogens with zero attached hydrogens (tertiary/aromatic N) is 3. The van der Waals surface area contributed by atoms with Crippen LogP contribution < -0.4 is 19.5 Å². The minimum Gasteiger partial charge on any atom is -0.493 e. The highest BCUT2D eigenvalue weighted by Crippen LogP contribution is 2.36. The summed E-state index contributed by atoms with van der Waals surface area (Å²) in [5.74, 6) is 2.25.